The smallest absolute Gasteiger partial charge is 0.338 e. The molecule has 0 heterocycles. The van der Waals surface area contributed by atoms with E-state index in [9.17, 15) is 14.9 Å². The highest BCUT2D eigenvalue weighted by atomic mass is 79.9. The van der Waals surface area contributed by atoms with Gasteiger partial charge in [-0.2, -0.15) is 0 Å². The number of nitro benzene ring substituents is 1. The normalized spacial score (nSPS) is 10.2. The predicted molar refractivity (Wildman–Crippen MR) is 82.5 cm³/mol. The average molecular weight is 372 g/mol. The van der Waals surface area contributed by atoms with Crippen molar-refractivity contribution in [2.75, 3.05) is 5.32 Å². The van der Waals surface area contributed by atoms with E-state index in [2.05, 4.69) is 21.2 Å². The molecule has 0 spiro atoms. The van der Waals surface area contributed by atoms with Gasteiger partial charge in [-0.25, -0.2) is 4.79 Å². The molecule has 0 aliphatic carbocycles. The summed E-state index contributed by atoms with van der Waals surface area (Å²) in [6.07, 6.45) is 0. The molecule has 2 rings (SSSR count). The number of carboxylic acid groups (broad SMARTS) is 1. The number of nitrogens with zero attached hydrogens (tertiary/aromatic N) is 1. The second-order valence-electron chi connectivity index (χ2n) is 4.04. The Labute approximate surface area is 132 Å². The number of carbonyl (C=O) groups is 1. The highest BCUT2D eigenvalue weighted by molar-refractivity contribution is 9.10. The Bertz CT molecular complexity index is 736. The van der Waals surface area contributed by atoms with Crippen molar-refractivity contribution in [1.82, 2.24) is 0 Å². The maximum Gasteiger partial charge on any atom is 0.338 e. The van der Waals surface area contributed by atoms with Gasteiger partial charge in [-0.05, 0) is 40.2 Å². The molecule has 0 unspecified atom stereocenters. The molecule has 108 valence electrons. The fraction of sp³-hybridized carbons (Fsp3) is 0. The van der Waals surface area contributed by atoms with E-state index in [1.165, 1.54) is 12.1 Å². The Balaban J connectivity index is 2.44. The molecule has 0 aromatic heterocycles. The minimum Gasteiger partial charge on any atom is -0.478 e. The second kappa shape index (κ2) is 6.11. The molecule has 0 aliphatic heterocycles. The minimum atomic E-state index is -1.26. The lowest BCUT2D eigenvalue weighted by molar-refractivity contribution is -0.384. The number of rotatable bonds is 4. The maximum atomic E-state index is 11.2. The third kappa shape index (κ3) is 3.50. The second-order valence-corrected chi connectivity index (χ2v) is 5.33. The van der Waals surface area contributed by atoms with Crippen LogP contribution in [0.25, 0.3) is 0 Å². The fourth-order valence-corrected chi connectivity index (χ4v) is 2.45. The number of aromatic carboxylic acids is 1. The number of non-ortho nitro benzene ring substituents is 1. The number of benzene rings is 2. The third-order valence-electron chi connectivity index (χ3n) is 2.64. The van der Waals surface area contributed by atoms with Crippen LogP contribution in [0.5, 0.6) is 0 Å². The quantitative estimate of drug-likeness (QED) is 0.612. The number of nitro groups is 1. The zero-order valence-corrected chi connectivity index (χ0v) is 12.7. The molecule has 0 bridgehead atoms. The zero-order valence-electron chi connectivity index (χ0n) is 10.3. The number of carboxylic acids is 1. The molecule has 0 saturated heterocycles. The Kier molecular flexibility index (Phi) is 4.44. The van der Waals surface area contributed by atoms with Crippen LogP contribution in [-0.2, 0) is 0 Å². The van der Waals surface area contributed by atoms with Crippen LogP contribution in [-0.4, -0.2) is 16.0 Å². The van der Waals surface area contributed by atoms with E-state index >= 15 is 0 Å². The van der Waals surface area contributed by atoms with Crippen LogP contribution in [0.3, 0.4) is 0 Å². The van der Waals surface area contributed by atoms with Gasteiger partial charge < -0.3 is 10.4 Å². The van der Waals surface area contributed by atoms with Gasteiger partial charge in [-0.3, -0.25) is 10.1 Å². The van der Waals surface area contributed by atoms with Crippen molar-refractivity contribution in [2.45, 2.75) is 0 Å². The molecule has 8 heteroatoms. The van der Waals surface area contributed by atoms with E-state index in [0.717, 1.165) is 6.07 Å². The lowest BCUT2D eigenvalue weighted by Gasteiger charge is -2.11. The van der Waals surface area contributed by atoms with E-state index in [0.29, 0.717) is 15.2 Å². The molecule has 0 radical (unpaired) electrons. The van der Waals surface area contributed by atoms with Gasteiger partial charge in [0.25, 0.3) is 5.69 Å². The molecule has 0 amide bonds. The van der Waals surface area contributed by atoms with Gasteiger partial charge in [0, 0.05) is 21.6 Å². The molecule has 21 heavy (non-hydrogen) atoms. The Morgan fingerprint density at radius 1 is 1.24 bits per heavy atom. The molecule has 2 aromatic carbocycles. The van der Waals surface area contributed by atoms with E-state index in [1.54, 1.807) is 18.2 Å². The summed E-state index contributed by atoms with van der Waals surface area (Å²) in [5.74, 6) is -1.26. The van der Waals surface area contributed by atoms with E-state index in [-0.39, 0.29) is 16.9 Å². The number of hydrogen-bond donors (Lipinski definition) is 2. The van der Waals surface area contributed by atoms with Gasteiger partial charge in [0.05, 0.1) is 21.9 Å². The third-order valence-corrected chi connectivity index (χ3v) is 3.54. The van der Waals surface area contributed by atoms with E-state index < -0.39 is 10.9 Å². The van der Waals surface area contributed by atoms with Crippen molar-refractivity contribution in [3.8, 4) is 0 Å². The van der Waals surface area contributed by atoms with Crippen LogP contribution in [0.15, 0.2) is 40.9 Å². The first kappa shape index (κ1) is 15.3. The van der Waals surface area contributed by atoms with Crippen LogP contribution < -0.4 is 5.32 Å². The first-order valence-electron chi connectivity index (χ1n) is 5.62. The largest absolute Gasteiger partial charge is 0.478 e. The fourth-order valence-electron chi connectivity index (χ4n) is 1.67. The molecular formula is C13H8BrClN2O4. The number of nitrogens with one attached hydrogen (secondary N) is 1. The highest BCUT2D eigenvalue weighted by Gasteiger charge is 2.16. The summed E-state index contributed by atoms with van der Waals surface area (Å²) >= 11 is 9.13. The summed E-state index contributed by atoms with van der Waals surface area (Å²) in [4.78, 5) is 21.3. The SMILES string of the molecule is O=C(O)c1cc([N+](=O)[O-])ccc1Nc1ccc(Cl)cc1Br. The summed E-state index contributed by atoms with van der Waals surface area (Å²) in [6.45, 7) is 0. The minimum absolute atomic E-state index is 0.189. The summed E-state index contributed by atoms with van der Waals surface area (Å²) in [5.41, 5.74) is 0.367. The van der Waals surface area contributed by atoms with E-state index in [1.807, 2.05) is 0 Å². The van der Waals surface area contributed by atoms with Crippen molar-refractivity contribution in [2.24, 2.45) is 0 Å². The first-order valence-corrected chi connectivity index (χ1v) is 6.79. The Morgan fingerprint density at radius 3 is 2.48 bits per heavy atom. The van der Waals surface area contributed by atoms with Crippen molar-refractivity contribution >= 4 is 50.6 Å². The molecule has 0 saturated carbocycles. The van der Waals surface area contributed by atoms with Crippen molar-refractivity contribution in [3.63, 3.8) is 0 Å². The van der Waals surface area contributed by atoms with E-state index in [4.69, 9.17) is 16.7 Å². The number of halogens is 2. The molecule has 0 atom stereocenters. The molecule has 2 N–H and O–H groups in total. The standard InChI is InChI=1S/C13H8BrClN2O4/c14-10-5-7(15)1-3-12(10)16-11-4-2-8(17(20)21)6-9(11)13(18)19/h1-6,16H,(H,18,19). The van der Waals surface area contributed by atoms with Crippen LogP contribution >= 0.6 is 27.5 Å². The Morgan fingerprint density at radius 2 is 1.90 bits per heavy atom. The average Bonchev–Trinajstić information content (AvgIpc) is 2.41. The summed E-state index contributed by atoms with van der Waals surface area (Å²) in [7, 11) is 0. The summed E-state index contributed by atoms with van der Waals surface area (Å²) < 4.78 is 0.643. The molecule has 0 aliphatic rings. The predicted octanol–water partition coefficient (Wildman–Crippen LogP) is 4.45. The number of hydrogen-bond acceptors (Lipinski definition) is 4. The highest BCUT2D eigenvalue weighted by Crippen LogP contribution is 2.31. The van der Waals surface area contributed by atoms with Crippen LogP contribution in [0, 0.1) is 10.1 Å². The zero-order chi connectivity index (χ0) is 15.6. The van der Waals surface area contributed by atoms with Crippen molar-refractivity contribution in [1.29, 1.82) is 0 Å². The molecule has 2 aromatic rings. The number of anilines is 2. The van der Waals surface area contributed by atoms with Crippen LogP contribution in [0.1, 0.15) is 10.4 Å². The van der Waals surface area contributed by atoms with Gasteiger partial charge in [-0.15, -0.1) is 0 Å². The summed E-state index contributed by atoms with van der Waals surface area (Å²) in [6, 6.07) is 8.55. The molecular weight excluding hydrogens is 364 g/mol. The van der Waals surface area contributed by atoms with Crippen molar-refractivity contribution in [3.05, 3.63) is 61.6 Å². The van der Waals surface area contributed by atoms with Gasteiger partial charge in [-0.1, -0.05) is 11.6 Å². The van der Waals surface area contributed by atoms with Gasteiger partial charge in [0.1, 0.15) is 0 Å². The summed E-state index contributed by atoms with van der Waals surface area (Å²) in [5, 5.41) is 23.3. The topological polar surface area (TPSA) is 92.5 Å². The van der Waals surface area contributed by atoms with Crippen molar-refractivity contribution < 1.29 is 14.8 Å². The van der Waals surface area contributed by atoms with Crippen LogP contribution in [0.2, 0.25) is 5.02 Å². The molecule has 6 nitrogen and oxygen atoms in total. The van der Waals surface area contributed by atoms with Gasteiger partial charge >= 0.3 is 5.97 Å². The maximum absolute atomic E-state index is 11.2. The first-order chi connectivity index (χ1) is 9.88. The monoisotopic (exact) mass is 370 g/mol. The lowest BCUT2D eigenvalue weighted by atomic mass is 10.1. The van der Waals surface area contributed by atoms with Gasteiger partial charge in [0.2, 0.25) is 0 Å². The molecule has 0 fully saturated rings. The Hall–Kier alpha value is -2.12. The lowest BCUT2D eigenvalue weighted by Crippen LogP contribution is -2.04. The van der Waals surface area contributed by atoms with Crippen LogP contribution in [0.4, 0.5) is 17.1 Å². The van der Waals surface area contributed by atoms with Gasteiger partial charge in [0.15, 0.2) is 0 Å².